The summed E-state index contributed by atoms with van der Waals surface area (Å²) < 4.78 is 5.61. The lowest BCUT2D eigenvalue weighted by Gasteiger charge is -2.21. The molecule has 0 spiro atoms. The molecular formula is C18H26O2. The number of benzene rings is 1. The molecule has 0 saturated carbocycles. The zero-order valence-corrected chi connectivity index (χ0v) is 13.1. The van der Waals surface area contributed by atoms with Crippen molar-refractivity contribution in [2.75, 3.05) is 0 Å². The Balaban J connectivity index is 2.69. The quantitative estimate of drug-likeness (QED) is 0.693. The molecule has 0 radical (unpaired) electrons. The van der Waals surface area contributed by atoms with E-state index in [1.807, 2.05) is 63.3 Å². The lowest BCUT2D eigenvalue weighted by molar-refractivity contribution is -0.156. The fourth-order valence-corrected chi connectivity index (χ4v) is 1.70. The minimum absolute atomic E-state index is 0.137. The van der Waals surface area contributed by atoms with Crippen LogP contribution in [0.15, 0.2) is 36.4 Å². The molecule has 0 aliphatic rings. The van der Waals surface area contributed by atoms with Crippen LogP contribution in [0, 0.1) is 5.41 Å². The first-order chi connectivity index (χ1) is 9.43. The monoisotopic (exact) mass is 274 g/mol. The van der Waals surface area contributed by atoms with Gasteiger partial charge in [-0.05, 0) is 45.3 Å². The van der Waals surface area contributed by atoms with Gasteiger partial charge >= 0.3 is 5.97 Å². The largest absolute Gasteiger partial charge is 0.458 e. The summed E-state index contributed by atoms with van der Waals surface area (Å²) >= 11 is 0. The van der Waals surface area contributed by atoms with Crippen LogP contribution in [0.5, 0.6) is 0 Å². The van der Waals surface area contributed by atoms with E-state index in [4.69, 9.17) is 4.74 Å². The van der Waals surface area contributed by atoms with Gasteiger partial charge in [-0.25, -0.2) is 0 Å². The SMILES string of the molecule is CCCCC(/C=C/c1ccccc1)OC(=O)C(C)(C)C. The third-order valence-corrected chi connectivity index (χ3v) is 3.02. The average Bonchev–Trinajstić information content (AvgIpc) is 2.41. The lowest BCUT2D eigenvalue weighted by Crippen LogP contribution is -2.27. The normalized spacial score (nSPS) is 13.4. The van der Waals surface area contributed by atoms with E-state index in [1.165, 1.54) is 0 Å². The second-order valence-corrected chi connectivity index (χ2v) is 6.11. The molecule has 20 heavy (non-hydrogen) atoms. The van der Waals surface area contributed by atoms with Crippen molar-refractivity contribution in [2.24, 2.45) is 5.41 Å². The molecule has 1 unspecified atom stereocenters. The Morgan fingerprint density at radius 2 is 1.90 bits per heavy atom. The summed E-state index contributed by atoms with van der Waals surface area (Å²) in [4.78, 5) is 12.0. The zero-order chi connectivity index (χ0) is 15.0. The second kappa shape index (κ2) is 7.88. The molecule has 0 aliphatic carbocycles. The molecule has 1 aromatic rings. The zero-order valence-electron chi connectivity index (χ0n) is 13.1. The summed E-state index contributed by atoms with van der Waals surface area (Å²) in [5, 5.41) is 0. The highest BCUT2D eigenvalue weighted by Gasteiger charge is 2.25. The fraction of sp³-hybridized carbons (Fsp3) is 0.500. The van der Waals surface area contributed by atoms with E-state index in [1.54, 1.807) is 0 Å². The maximum atomic E-state index is 12.0. The van der Waals surface area contributed by atoms with Gasteiger partial charge in [0.15, 0.2) is 0 Å². The van der Waals surface area contributed by atoms with Crippen LogP contribution in [-0.2, 0) is 9.53 Å². The summed E-state index contributed by atoms with van der Waals surface area (Å²) in [5.41, 5.74) is 0.672. The third kappa shape index (κ3) is 6.05. The summed E-state index contributed by atoms with van der Waals surface area (Å²) in [5.74, 6) is -0.142. The van der Waals surface area contributed by atoms with Crippen LogP contribution in [0.2, 0.25) is 0 Å². The Hall–Kier alpha value is -1.57. The Bertz CT molecular complexity index is 426. The minimum Gasteiger partial charge on any atom is -0.458 e. The first-order valence-electron chi connectivity index (χ1n) is 7.38. The van der Waals surface area contributed by atoms with Crippen molar-refractivity contribution < 1.29 is 9.53 Å². The molecule has 0 aliphatic heterocycles. The van der Waals surface area contributed by atoms with Crippen LogP contribution in [0.1, 0.15) is 52.5 Å². The molecule has 0 heterocycles. The van der Waals surface area contributed by atoms with Crippen molar-refractivity contribution in [2.45, 2.75) is 53.1 Å². The fourth-order valence-electron chi connectivity index (χ4n) is 1.70. The smallest absolute Gasteiger partial charge is 0.311 e. The van der Waals surface area contributed by atoms with Gasteiger partial charge in [-0.1, -0.05) is 49.8 Å². The van der Waals surface area contributed by atoms with Gasteiger partial charge in [0.05, 0.1) is 5.41 Å². The van der Waals surface area contributed by atoms with Gasteiger partial charge in [0.25, 0.3) is 0 Å². The van der Waals surface area contributed by atoms with Crippen molar-refractivity contribution in [1.29, 1.82) is 0 Å². The highest BCUT2D eigenvalue weighted by atomic mass is 16.5. The Kier molecular flexibility index (Phi) is 6.50. The number of unbranched alkanes of at least 4 members (excludes halogenated alkanes) is 1. The maximum absolute atomic E-state index is 12.0. The average molecular weight is 274 g/mol. The van der Waals surface area contributed by atoms with Gasteiger partial charge in [0, 0.05) is 0 Å². The van der Waals surface area contributed by atoms with Crippen LogP contribution < -0.4 is 0 Å². The predicted molar refractivity (Wildman–Crippen MR) is 84.3 cm³/mol. The molecule has 0 saturated heterocycles. The molecule has 0 aromatic heterocycles. The standard InChI is InChI=1S/C18H26O2/c1-5-6-12-16(20-17(19)18(2,3)4)14-13-15-10-8-7-9-11-15/h7-11,13-14,16H,5-6,12H2,1-4H3/b14-13+. The summed E-state index contributed by atoms with van der Waals surface area (Å²) in [6, 6.07) is 10.1. The van der Waals surface area contributed by atoms with Crippen LogP contribution in [0.3, 0.4) is 0 Å². The van der Waals surface area contributed by atoms with Crippen molar-refractivity contribution in [3.63, 3.8) is 0 Å². The number of carbonyl (C=O) groups excluding carboxylic acids is 1. The number of esters is 1. The van der Waals surface area contributed by atoms with Crippen molar-refractivity contribution in [1.82, 2.24) is 0 Å². The summed E-state index contributed by atoms with van der Waals surface area (Å²) in [6.45, 7) is 7.79. The highest BCUT2D eigenvalue weighted by Crippen LogP contribution is 2.19. The van der Waals surface area contributed by atoms with Crippen LogP contribution in [-0.4, -0.2) is 12.1 Å². The molecule has 0 amide bonds. The van der Waals surface area contributed by atoms with Gasteiger partial charge in [-0.15, -0.1) is 0 Å². The summed E-state index contributed by atoms with van der Waals surface area (Å²) in [6.07, 6.45) is 6.91. The molecule has 0 bridgehead atoms. The Morgan fingerprint density at radius 1 is 1.25 bits per heavy atom. The number of carbonyl (C=O) groups is 1. The first-order valence-corrected chi connectivity index (χ1v) is 7.38. The van der Waals surface area contributed by atoms with Crippen molar-refractivity contribution in [3.05, 3.63) is 42.0 Å². The molecule has 2 heteroatoms. The number of ether oxygens (including phenoxy) is 1. The Labute approximate surface area is 122 Å². The molecule has 0 fully saturated rings. The predicted octanol–water partition coefficient (Wildman–Crippen LogP) is 4.85. The maximum Gasteiger partial charge on any atom is 0.311 e. The molecule has 0 N–H and O–H groups in total. The molecule has 1 rings (SSSR count). The van der Waals surface area contributed by atoms with Gasteiger partial charge in [0.1, 0.15) is 6.10 Å². The van der Waals surface area contributed by atoms with Gasteiger partial charge < -0.3 is 4.74 Å². The topological polar surface area (TPSA) is 26.3 Å². The second-order valence-electron chi connectivity index (χ2n) is 6.11. The van der Waals surface area contributed by atoms with Gasteiger partial charge in [-0.3, -0.25) is 4.79 Å². The van der Waals surface area contributed by atoms with E-state index < -0.39 is 5.41 Å². The number of hydrogen-bond donors (Lipinski definition) is 0. The lowest BCUT2D eigenvalue weighted by atomic mass is 9.97. The number of hydrogen-bond acceptors (Lipinski definition) is 2. The first kappa shape index (κ1) is 16.5. The molecule has 2 nitrogen and oxygen atoms in total. The van der Waals surface area contributed by atoms with E-state index in [9.17, 15) is 4.79 Å². The van der Waals surface area contributed by atoms with E-state index >= 15 is 0 Å². The molecule has 110 valence electrons. The molecular weight excluding hydrogens is 248 g/mol. The minimum atomic E-state index is -0.453. The molecule has 1 aromatic carbocycles. The van der Waals surface area contributed by atoms with E-state index in [-0.39, 0.29) is 12.1 Å². The molecule has 1 atom stereocenters. The Morgan fingerprint density at radius 3 is 2.45 bits per heavy atom. The van der Waals surface area contributed by atoms with Gasteiger partial charge in [-0.2, -0.15) is 0 Å². The van der Waals surface area contributed by atoms with Crippen molar-refractivity contribution in [3.8, 4) is 0 Å². The van der Waals surface area contributed by atoms with Crippen LogP contribution >= 0.6 is 0 Å². The van der Waals surface area contributed by atoms with Gasteiger partial charge in [0.2, 0.25) is 0 Å². The van der Waals surface area contributed by atoms with E-state index in [0.29, 0.717) is 0 Å². The summed E-state index contributed by atoms with van der Waals surface area (Å²) in [7, 11) is 0. The number of rotatable bonds is 6. The highest BCUT2D eigenvalue weighted by molar-refractivity contribution is 5.75. The van der Waals surface area contributed by atoms with Crippen molar-refractivity contribution >= 4 is 12.0 Å². The van der Waals surface area contributed by atoms with Crippen LogP contribution in [0.4, 0.5) is 0 Å². The third-order valence-electron chi connectivity index (χ3n) is 3.02. The van der Waals surface area contributed by atoms with E-state index in [2.05, 4.69) is 6.92 Å². The van der Waals surface area contributed by atoms with E-state index in [0.717, 1.165) is 24.8 Å². The van der Waals surface area contributed by atoms with Crippen LogP contribution in [0.25, 0.3) is 6.08 Å².